The van der Waals surface area contributed by atoms with Gasteiger partial charge in [-0.05, 0) is 30.5 Å². The van der Waals surface area contributed by atoms with Gasteiger partial charge in [0.1, 0.15) is 5.82 Å². The summed E-state index contributed by atoms with van der Waals surface area (Å²) in [4.78, 5) is 25.1. The summed E-state index contributed by atoms with van der Waals surface area (Å²) in [5, 5.41) is 13.3. The first-order chi connectivity index (χ1) is 10.9. The van der Waals surface area contributed by atoms with Crippen LogP contribution >= 0.6 is 0 Å². The minimum atomic E-state index is -1.54. The van der Waals surface area contributed by atoms with Crippen LogP contribution in [0.1, 0.15) is 18.4 Å². The van der Waals surface area contributed by atoms with Crippen molar-refractivity contribution in [2.45, 2.75) is 25.0 Å². The Morgan fingerprint density at radius 1 is 1.43 bits per heavy atom. The Labute approximate surface area is 134 Å². The zero-order valence-corrected chi connectivity index (χ0v) is 13.0. The summed E-state index contributed by atoms with van der Waals surface area (Å²) in [6.07, 6.45) is 0.989. The van der Waals surface area contributed by atoms with Crippen LogP contribution < -0.4 is 5.32 Å². The number of rotatable bonds is 6. The summed E-state index contributed by atoms with van der Waals surface area (Å²) in [5.74, 6) is -1.17. The van der Waals surface area contributed by atoms with Gasteiger partial charge in [-0.2, -0.15) is 0 Å². The number of likely N-dealkylation sites (tertiary alicyclic amines) is 1. The van der Waals surface area contributed by atoms with Crippen LogP contribution in [-0.2, 0) is 20.9 Å². The standard InChI is InChI=1S/C16H21FN2O4/c1-23-14(20)9-18-11-16(22)7-2-8-19(15(16)21)10-12-3-5-13(17)6-4-12/h3-6,18,22H,2,7-11H2,1H3. The highest BCUT2D eigenvalue weighted by Crippen LogP contribution is 2.23. The molecule has 1 amide bonds. The van der Waals surface area contributed by atoms with Crippen molar-refractivity contribution in [3.8, 4) is 0 Å². The van der Waals surface area contributed by atoms with Crippen LogP contribution in [-0.4, -0.2) is 54.2 Å². The number of aliphatic hydroxyl groups is 1. The van der Waals surface area contributed by atoms with Gasteiger partial charge in [-0.25, -0.2) is 4.39 Å². The minimum absolute atomic E-state index is 0.0130. The topological polar surface area (TPSA) is 78.9 Å². The largest absolute Gasteiger partial charge is 0.468 e. The number of hydrogen-bond acceptors (Lipinski definition) is 5. The highest BCUT2D eigenvalue weighted by Gasteiger charge is 2.41. The molecule has 23 heavy (non-hydrogen) atoms. The van der Waals surface area contributed by atoms with E-state index in [9.17, 15) is 19.1 Å². The number of methoxy groups -OCH3 is 1. The number of carbonyl (C=O) groups is 2. The van der Waals surface area contributed by atoms with Gasteiger partial charge in [0.25, 0.3) is 5.91 Å². The van der Waals surface area contributed by atoms with Crippen LogP contribution in [0, 0.1) is 5.82 Å². The van der Waals surface area contributed by atoms with Crippen molar-refractivity contribution >= 4 is 11.9 Å². The molecule has 0 saturated carbocycles. The Bertz CT molecular complexity index is 564. The molecule has 7 heteroatoms. The van der Waals surface area contributed by atoms with Crippen molar-refractivity contribution in [3.63, 3.8) is 0 Å². The predicted octanol–water partition coefficient (Wildman–Crippen LogP) is 0.442. The Morgan fingerprint density at radius 2 is 2.13 bits per heavy atom. The van der Waals surface area contributed by atoms with Crippen LogP contribution in [0.15, 0.2) is 24.3 Å². The van der Waals surface area contributed by atoms with Gasteiger partial charge in [-0.3, -0.25) is 9.59 Å². The first kappa shape index (κ1) is 17.4. The maximum absolute atomic E-state index is 12.9. The van der Waals surface area contributed by atoms with E-state index in [1.807, 2.05) is 0 Å². The Kier molecular flexibility index (Phi) is 5.68. The molecule has 1 aliphatic rings. The highest BCUT2D eigenvalue weighted by molar-refractivity contribution is 5.86. The van der Waals surface area contributed by atoms with E-state index in [1.165, 1.54) is 19.2 Å². The third-order valence-electron chi connectivity index (χ3n) is 3.90. The molecule has 1 unspecified atom stereocenters. The molecule has 1 atom stereocenters. The average molecular weight is 324 g/mol. The van der Waals surface area contributed by atoms with E-state index < -0.39 is 11.6 Å². The summed E-state index contributed by atoms with van der Waals surface area (Å²) < 4.78 is 17.4. The molecule has 6 nitrogen and oxygen atoms in total. The summed E-state index contributed by atoms with van der Waals surface area (Å²) in [6.45, 7) is 0.777. The van der Waals surface area contributed by atoms with Crippen molar-refractivity contribution in [3.05, 3.63) is 35.6 Å². The second-order valence-electron chi connectivity index (χ2n) is 5.67. The number of carbonyl (C=O) groups excluding carboxylic acids is 2. The maximum atomic E-state index is 12.9. The molecule has 126 valence electrons. The highest BCUT2D eigenvalue weighted by atomic mass is 19.1. The second kappa shape index (κ2) is 7.52. The van der Waals surface area contributed by atoms with Crippen molar-refractivity contribution in [2.75, 3.05) is 26.7 Å². The van der Waals surface area contributed by atoms with Crippen LogP contribution in [0.5, 0.6) is 0 Å². The number of piperidine rings is 1. The van der Waals surface area contributed by atoms with E-state index in [0.29, 0.717) is 25.9 Å². The predicted molar refractivity (Wildman–Crippen MR) is 80.9 cm³/mol. The Balaban J connectivity index is 1.96. The van der Waals surface area contributed by atoms with Gasteiger partial charge >= 0.3 is 5.97 Å². The molecule has 0 bridgehead atoms. The van der Waals surface area contributed by atoms with Crippen LogP contribution in [0.3, 0.4) is 0 Å². The molecule has 2 N–H and O–H groups in total. The fourth-order valence-electron chi connectivity index (χ4n) is 2.63. The fraction of sp³-hybridized carbons (Fsp3) is 0.500. The van der Waals surface area contributed by atoms with Crippen molar-refractivity contribution in [1.29, 1.82) is 0 Å². The molecular weight excluding hydrogens is 303 g/mol. The molecule has 1 saturated heterocycles. The molecule has 0 aromatic heterocycles. The van der Waals surface area contributed by atoms with E-state index in [2.05, 4.69) is 10.1 Å². The molecule has 0 radical (unpaired) electrons. The van der Waals surface area contributed by atoms with E-state index >= 15 is 0 Å². The van der Waals surface area contributed by atoms with Gasteiger partial charge < -0.3 is 20.1 Å². The van der Waals surface area contributed by atoms with E-state index in [1.54, 1.807) is 17.0 Å². The van der Waals surface area contributed by atoms with Gasteiger partial charge in [0.15, 0.2) is 5.60 Å². The van der Waals surface area contributed by atoms with E-state index in [-0.39, 0.29) is 24.8 Å². The summed E-state index contributed by atoms with van der Waals surface area (Å²) in [7, 11) is 1.27. The number of nitrogens with one attached hydrogen (secondary N) is 1. The van der Waals surface area contributed by atoms with Crippen molar-refractivity contribution in [2.24, 2.45) is 0 Å². The molecule has 1 aliphatic heterocycles. The fourth-order valence-corrected chi connectivity index (χ4v) is 2.63. The first-order valence-corrected chi connectivity index (χ1v) is 7.48. The SMILES string of the molecule is COC(=O)CNCC1(O)CCCN(Cc2ccc(F)cc2)C1=O. The summed E-state index contributed by atoms with van der Waals surface area (Å²) in [6, 6.07) is 5.92. The molecule has 0 aliphatic carbocycles. The normalized spacial score (nSPS) is 21.3. The van der Waals surface area contributed by atoms with E-state index in [0.717, 1.165) is 5.56 Å². The van der Waals surface area contributed by atoms with Gasteiger partial charge in [-0.15, -0.1) is 0 Å². The number of halogens is 1. The molecule has 1 heterocycles. The van der Waals surface area contributed by atoms with Crippen molar-refractivity contribution < 1.29 is 23.8 Å². The minimum Gasteiger partial charge on any atom is -0.468 e. The quantitative estimate of drug-likeness (QED) is 0.743. The number of hydrogen-bond donors (Lipinski definition) is 2. The molecule has 1 aromatic carbocycles. The van der Waals surface area contributed by atoms with Crippen LogP contribution in [0.2, 0.25) is 0 Å². The lowest BCUT2D eigenvalue weighted by atomic mass is 9.91. The average Bonchev–Trinajstić information content (AvgIpc) is 2.54. The van der Waals surface area contributed by atoms with Crippen molar-refractivity contribution in [1.82, 2.24) is 10.2 Å². The lowest BCUT2D eigenvalue weighted by Gasteiger charge is -2.38. The third-order valence-corrected chi connectivity index (χ3v) is 3.90. The number of benzene rings is 1. The third kappa shape index (κ3) is 4.49. The zero-order valence-electron chi connectivity index (χ0n) is 13.0. The van der Waals surface area contributed by atoms with Crippen LogP contribution in [0.25, 0.3) is 0 Å². The first-order valence-electron chi connectivity index (χ1n) is 7.48. The number of esters is 1. The van der Waals surface area contributed by atoms with Gasteiger partial charge in [0.2, 0.25) is 0 Å². The number of ether oxygens (including phenoxy) is 1. The summed E-state index contributed by atoms with van der Waals surface area (Å²) >= 11 is 0. The lowest BCUT2D eigenvalue weighted by molar-refractivity contribution is -0.157. The Hall–Kier alpha value is -1.99. The Morgan fingerprint density at radius 3 is 2.78 bits per heavy atom. The molecule has 0 spiro atoms. The van der Waals surface area contributed by atoms with Gasteiger partial charge in [0, 0.05) is 19.6 Å². The maximum Gasteiger partial charge on any atom is 0.319 e. The smallest absolute Gasteiger partial charge is 0.319 e. The monoisotopic (exact) mass is 324 g/mol. The zero-order chi connectivity index (χ0) is 16.9. The van der Waals surface area contributed by atoms with Gasteiger partial charge in [-0.1, -0.05) is 12.1 Å². The lowest BCUT2D eigenvalue weighted by Crippen LogP contribution is -2.58. The molecule has 2 rings (SSSR count). The number of nitrogens with zero attached hydrogens (tertiary/aromatic N) is 1. The molecule has 1 aromatic rings. The van der Waals surface area contributed by atoms with E-state index in [4.69, 9.17) is 0 Å². The second-order valence-corrected chi connectivity index (χ2v) is 5.67. The summed E-state index contributed by atoms with van der Waals surface area (Å²) in [5.41, 5.74) is -0.738. The van der Waals surface area contributed by atoms with Gasteiger partial charge in [0.05, 0.1) is 13.7 Å². The molecule has 1 fully saturated rings. The van der Waals surface area contributed by atoms with Crippen LogP contribution in [0.4, 0.5) is 4.39 Å². The molecular formula is C16H21FN2O4. The number of amides is 1.